The Bertz CT molecular complexity index is 872. The van der Waals surface area contributed by atoms with Crippen molar-refractivity contribution in [1.29, 1.82) is 0 Å². The largest absolute Gasteiger partial charge is 0.465 e. The molecule has 0 unspecified atom stereocenters. The van der Waals surface area contributed by atoms with Gasteiger partial charge in [-0.25, -0.2) is 4.79 Å². The van der Waals surface area contributed by atoms with Crippen LogP contribution in [0, 0.1) is 0 Å². The molecule has 0 N–H and O–H groups in total. The van der Waals surface area contributed by atoms with Gasteiger partial charge in [0, 0.05) is 12.7 Å². The van der Waals surface area contributed by atoms with E-state index in [1.165, 1.54) is 12.0 Å². The third-order valence-corrected chi connectivity index (χ3v) is 4.18. The number of nitrogens with zero attached hydrogens (tertiary/aromatic N) is 1. The second kappa shape index (κ2) is 5.72. The molecule has 4 nitrogen and oxygen atoms in total. The zero-order chi connectivity index (χ0) is 16.6. The average Bonchev–Trinajstić information content (AvgIpc) is 2.79. The molecular formula is C19H17NO3. The molecule has 0 aliphatic carbocycles. The van der Waals surface area contributed by atoms with Crippen molar-refractivity contribution in [1.82, 2.24) is 4.90 Å². The number of benzene rings is 2. The van der Waals surface area contributed by atoms with Crippen molar-refractivity contribution in [2.75, 3.05) is 14.2 Å². The van der Waals surface area contributed by atoms with Crippen LogP contribution in [0.25, 0.3) is 16.8 Å². The van der Waals surface area contributed by atoms with E-state index in [1.807, 2.05) is 42.5 Å². The molecule has 0 radical (unpaired) electrons. The van der Waals surface area contributed by atoms with Gasteiger partial charge in [0.05, 0.1) is 18.3 Å². The van der Waals surface area contributed by atoms with E-state index in [0.717, 1.165) is 16.3 Å². The quantitative estimate of drug-likeness (QED) is 0.632. The number of esters is 1. The Morgan fingerprint density at radius 2 is 1.83 bits per heavy atom. The van der Waals surface area contributed by atoms with Gasteiger partial charge in [-0.2, -0.15) is 0 Å². The number of rotatable bonds is 2. The standard InChI is InChI=1S/C19H17NO3/c1-12-17(19(22)23-3)16(18(21)20(12)2)11-14-9-6-8-13-7-4-5-10-15(13)14/h4-11H,1-3H3/b16-11-. The summed E-state index contributed by atoms with van der Waals surface area (Å²) in [6.07, 6.45) is 1.77. The molecule has 0 saturated heterocycles. The van der Waals surface area contributed by atoms with Crippen LogP contribution >= 0.6 is 0 Å². The first-order valence-corrected chi connectivity index (χ1v) is 7.31. The Labute approximate surface area is 134 Å². The van der Waals surface area contributed by atoms with Crippen molar-refractivity contribution in [3.05, 3.63) is 64.9 Å². The maximum atomic E-state index is 12.5. The van der Waals surface area contributed by atoms with E-state index < -0.39 is 5.97 Å². The molecule has 0 atom stereocenters. The molecule has 0 fully saturated rings. The predicted molar refractivity (Wildman–Crippen MR) is 89.4 cm³/mol. The first kappa shape index (κ1) is 15.0. The van der Waals surface area contributed by atoms with Gasteiger partial charge in [-0.15, -0.1) is 0 Å². The van der Waals surface area contributed by atoms with Gasteiger partial charge in [0.25, 0.3) is 5.91 Å². The summed E-state index contributed by atoms with van der Waals surface area (Å²) in [7, 11) is 2.98. The number of amides is 1. The number of ether oxygens (including phenoxy) is 1. The van der Waals surface area contributed by atoms with Gasteiger partial charge in [-0.1, -0.05) is 42.5 Å². The lowest BCUT2D eigenvalue weighted by atomic mass is 9.99. The van der Waals surface area contributed by atoms with Crippen LogP contribution in [-0.2, 0) is 14.3 Å². The second-order valence-corrected chi connectivity index (χ2v) is 5.44. The fourth-order valence-corrected chi connectivity index (χ4v) is 2.83. The number of likely N-dealkylation sites (N-methyl/N-ethyl adjacent to an activating group) is 1. The van der Waals surface area contributed by atoms with Crippen LogP contribution < -0.4 is 0 Å². The molecule has 1 aliphatic heterocycles. The van der Waals surface area contributed by atoms with Gasteiger partial charge in [-0.3, -0.25) is 4.79 Å². The summed E-state index contributed by atoms with van der Waals surface area (Å²) in [5, 5.41) is 2.12. The highest BCUT2D eigenvalue weighted by Gasteiger charge is 2.34. The van der Waals surface area contributed by atoms with Gasteiger partial charge in [-0.05, 0) is 29.3 Å². The first-order chi connectivity index (χ1) is 11.0. The van der Waals surface area contributed by atoms with Crippen molar-refractivity contribution in [2.45, 2.75) is 6.92 Å². The zero-order valence-electron chi connectivity index (χ0n) is 13.3. The summed E-state index contributed by atoms with van der Waals surface area (Å²) in [6, 6.07) is 13.8. The van der Waals surface area contributed by atoms with E-state index in [9.17, 15) is 9.59 Å². The Hall–Kier alpha value is -2.88. The van der Waals surface area contributed by atoms with Crippen molar-refractivity contribution >= 4 is 28.7 Å². The molecule has 116 valence electrons. The SMILES string of the molecule is COC(=O)C1=C(C)N(C)C(=O)/C1=C\c1cccc2ccccc12. The lowest BCUT2D eigenvalue weighted by molar-refractivity contribution is -0.136. The lowest BCUT2D eigenvalue weighted by Gasteiger charge is -2.09. The Morgan fingerprint density at radius 1 is 1.13 bits per heavy atom. The zero-order valence-corrected chi connectivity index (χ0v) is 13.3. The molecule has 0 spiro atoms. The van der Waals surface area contributed by atoms with Crippen LogP contribution in [0.5, 0.6) is 0 Å². The normalized spacial score (nSPS) is 16.6. The van der Waals surface area contributed by atoms with Gasteiger partial charge >= 0.3 is 5.97 Å². The smallest absolute Gasteiger partial charge is 0.340 e. The minimum absolute atomic E-state index is 0.198. The molecule has 2 aromatic carbocycles. The van der Waals surface area contributed by atoms with Gasteiger partial charge in [0.15, 0.2) is 0 Å². The molecule has 23 heavy (non-hydrogen) atoms. The Kier molecular flexibility index (Phi) is 3.74. The fraction of sp³-hybridized carbons (Fsp3) is 0.158. The minimum atomic E-state index is -0.494. The number of carbonyl (C=O) groups is 2. The summed E-state index contributed by atoms with van der Waals surface area (Å²) in [5.41, 5.74) is 2.20. The molecule has 0 aromatic heterocycles. The first-order valence-electron chi connectivity index (χ1n) is 7.31. The highest BCUT2D eigenvalue weighted by atomic mass is 16.5. The van der Waals surface area contributed by atoms with Crippen molar-refractivity contribution in [3.8, 4) is 0 Å². The van der Waals surface area contributed by atoms with Crippen LogP contribution in [0.15, 0.2) is 59.3 Å². The summed E-state index contributed by atoms with van der Waals surface area (Å²) in [4.78, 5) is 26.1. The number of carbonyl (C=O) groups excluding carboxylic acids is 2. The third-order valence-electron chi connectivity index (χ3n) is 4.18. The molecule has 4 heteroatoms. The van der Waals surface area contributed by atoms with E-state index in [-0.39, 0.29) is 5.91 Å². The molecule has 1 aliphatic rings. The minimum Gasteiger partial charge on any atom is -0.465 e. The molecule has 3 rings (SSSR count). The van der Waals surface area contributed by atoms with E-state index in [4.69, 9.17) is 4.74 Å². The summed E-state index contributed by atoms with van der Waals surface area (Å²) in [5.74, 6) is -0.692. The van der Waals surface area contributed by atoms with Crippen LogP contribution in [0.3, 0.4) is 0 Å². The summed E-state index contributed by atoms with van der Waals surface area (Å²) < 4.78 is 4.84. The maximum absolute atomic E-state index is 12.5. The fourth-order valence-electron chi connectivity index (χ4n) is 2.83. The number of fused-ring (bicyclic) bond motifs is 1. The predicted octanol–water partition coefficient (Wildman–Crippen LogP) is 3.14. The van der Waals surface area contributed by atoms with Crippen LogP contribution in [0.4, 0.5) is 0 Å². The third kappa shape index (κ3) is 2.42. The molecule has 0 bridgehead atoms. The van der Waals surface area contributed by atoms with E-state index in [2.05, 4.69) is 0 Å². The van der Waals surface area contributed by atoms with Gasteiger partial charge in [0.1, 0.15) is 0 Å². The Morgan fingerprint density at radius 3 is 2.57 bits per heavy atom. The van der Waals surface area contributed by atoms with Gasteiger partial charge < -0.3 is 9.64 Å². The average molecular weight is 307 g/mol. The monoisotopic (exact) mass is 307 g/mol. The topological polar surface area (TPSA) is 46.6 Å². The van der Waals surface area contributed by atoms with Crippen LogP contribution in [-0.4, -0.2) is 30.9 Å². The van der Waals surface area contributed by atoms with E-state index in [1.54, 1.807) is 20.0 Å². The van der Waals surface area contributed by atoms with Crippen molar-refractivity contribution in [2.24, 2.45) is 0 Å². The molecule has 0 saturated carbocycles. The highest BCUT2D eigenvalue weighted by Crippen LogP contribution is 2.31. The van der Waals surface area contributed by atoms with Crippen LogP contribution in [0.1, 0.15) is 12.5 Å². The molecular weight excluding hydrogens is 290 g/mol. The number of hydrogen-bond donors (Lipinski definition) is 0. The van der Waals surface area contributed by atoms with Gasteiger partial charge in [0.2, 0.25) is 0 Å². The maximum Gasteiger partial charge on any atom is 0.340 e. The van der Waals surface area contributed by atoms with E-state index in [0.29, 0.717) is 16.8 Å². The highest BCUT2D eigenvalue weighted by molar-refractivity contribution is 6.16. The lowest BCUT2D eigenvalue weighted by Crippen LogP contribution is -2.19. The number of allylic oxidation sites excluding steroid dienone is 1. The second-order valence-electron chi connectivity index (χ2n) is 5.44. The van der Waals surface area contributed by atoms with Crippen molar-refractivity contribution < 1.29 is 14.3 Å². The van der Waals surface area contributed by atoms with E-state index >= 15 is 0 Å². The summed E-state index contributed by atoms with van der Waals surface area (Å²) in [6.45, 7) is 1.74. The van der Waals surface area contributed by atoms with Crippen LogP contribution in [0.2, 0.25) is 0 Å². The molecule has 1 amide bonds. The molecule has 2 aromatic rings. The van der Waals surface area contributed by atoms with Crippen molar-refractivity contribution in [3.63, 3.8) is 0 Å². The Balaban J connectivity index is 2.20. The molecule has 1 heterocycles. The summed E-state index contributed by atoms with van der Waals surface area (Å²) >= 11 is 0. The number of methoxy groups -OCH3 is 1. The number of hydrogen-bond acceptors (Lipinski definition) is 3.